The van der Waals surface area contributed by atoms with Crippen molar-refractivity contribution >= 4 is 0 Å². The van der Waals surface area contributed by atoms with E-state index in [2.05, 4.69) is 5.32 Å². The van der Waals surface area contributed by atoms with Crippen LogP contribution < -0.4 is 10.1 Å². The van der Waals surface area contributed by atoms with Crippen LogP contribution in [0.1, 0.15) is 32.1 Å². The molecule has 7 heteroatoms. The average molecular weight is 293 g/mol. The van der Waals surface area contributed by atoms with Gasteiger partial charge >= 0.3 is 0 Å². The van der Waals surface area contributed by atoms with Gasteiger partial charge in [0.25, 0.3) is 0 Å². The number of hydrogen-bond donors (Lipinski definition) is 1. The van der Waals surface area contributed by atoms with E-state index in [0.29, 0.717) is 12.8 Å². The number of ether oxygens (including phenoxy) is 1. The van der Waals surface area contributed by atoms with Gasteiger partial charge in [-0.2, -0.15) is 8.78 Å². The first-order valence-corrected chi connectivity index (χ1v) is 6.42. The molecule has 20 heavy (non-hydrogen) atoms. The van der Waals surface area contributed by atoms with E-state index in [1.807, 2.05) is 0 Å². The Hall–Kier alpha value is -1.37. The molecule has 0 aromatic heterocycles. The van der Waals surface area contributed by atoms with Crippen LogP contribution >= 0.6 is 0 Å². The van der Waals surface area contributed by atoms with Crippen LogP contribution in [0, 0.1) is 29.1 Å². The highest BCUT2D eigenvalue weighted by Gasteiger charge is 2.45. The van der Waals surface area contributed by atoms with Crippen molar-refractivity contribution in [2.45, 2.75) is 43.9 Å². The molecular weight excluding hydrogens is 281 g/mol. The molecule has 110 valence electrons. The van der Waals surface area contributed by atoms with Gasteiger partial charge in [-0.05, 0) is 19.3 Å². The molecule has 2 aliphatic heterocycles. The van der Waals surface area contributed by atoms with Crippen molar-refractivity contribution in [1.82, 2.24) is 5.32 Å². The number of halogens is 5. The minimum atomic E-state index is -2.18. The minimum Gasteiger partial charge on any atom is -0.466 e. The van der Waals surface area contributed by atoms with Gasteiger partial charge in [-0.15, -0.1) is 0 Å². The molecule has 3 rings (SSSR count). The molecule has 0 amide bonds. The first-order valence-electron chi connectivity index (χ1n) is 6.42. The first-order chi connectivity index (χ1) is 9.43. The Morgan fingerprint density at radius 2 is 1.45 bits per heavy atom. The van der Waals surface area contributed by atoms with Crippen LogP contribution in [0.2, 0.25) is 0 Å². The third-order valence-electron chi connectivity index (χ3n) is 3.96. The summed E-state index contributed by atoms with van der Waals surface area (Å²) >= 11 is 0. The Balaban J connectivity index is 1.99. The van der Waals surface area contributed by atoms with E-state index in [-0.39, 0.29) is 6.04 Å². The van der Waals surface area contributed by atoms with E-state index in [1.165, 1.54) is 0 Å². The summed E-state index contributed by atoms with van der Waals surface area (Å²) in [6, 6.07) is 0.171. The topological polar surface area (TPSA) is 21.3 Å². The number of piperidine rings is 1. The Kier molecular flexibility index (Phi) is 3.12. The second-order valence-corrected chi connectivity index (χ2v) is 5.27. The average Bonchev–Trinajstić information content (AvgIpc) is 2.74. The summed E-state index contributed by atoms with van der Waals surface area (Å²) in [6.45, 7) is 0. The van der Waals surface area contributed by atoms with Crippen molar-refractivity contribution in [2.75, 3.05) is 0 Å². The Morgan fingerprint density at radius 3 is 2.10 bits per heavy atom. The van der Waals surface area contributed by atoms with Gasteiger partial charge in [-0.3, -0.25) is 5.32 Å². The molecular formula is C13H12F5NO. The summed E-state index contributed by atoms with van der Waals surface area (Å²) < 4.78 is 71.6. The van der Waals surface area contributed by atoms with Gasteiger partial charge in [0.2, 0.25) is 29.1 Å². The maximum atomic E-state index is 13.6. The van der Waals surface area contributed by atoms with Crippen LogP contribution in [-0.4, -0.2) is 11.8 Å². The largest absolute Gasteiger partial charge is 0.466 e. The van der Waals surface area contributed by atoms with Crippen LogP contribution in [0.4, 0.5) is 22.0 Å². The highest BCUT2D eigenvalue weighted by atomic mass is 19.2. The maximum Gasteiger partial charge on any atom is 0.207 e. The van der Waals surface area contributed by atoms with Crippen molar-refractivity contribution in [1.29, 1.82) is 0 Å². The number of benzene rings is 1. The molecule has 2 fully saturated rings. The van der Waals surface area contributed by atoms with Gasteiger partial charge in [-0.25, -0.2) is 13.2 Å². The van der Waals surface area contributed by atoms with Gasteiger partial charge < -0.3 is 4.74 Å². The van der Waals surface area contributed by atoms with Crippen molar-refractivity contribution in [3.05, 3.63) is 29.1 Å². The lowest BCUT2D eigenvalue weighted by atomic mass is 10.0. The minimum absolute atomic E-state index is 0.171. The fraction of sp³-hybridized carbons (Fsp3) is 0.538. The zero-order valence-electron chi connectivity index (χ0n) is 10.4. The summed E-state index contributed by atoms with van der Waals surface area (Å²) in [5, 5.41) is 3.07. The lowest BCUT2D eigenvalue weighted by Gasteiger charge is -2.35. The van der Waals surface area contributed by atoms with Crippen molar-refractivity contribution < 1.29 is 26.7 Å². The highest BCUT2D eigenvalue weighted by molar-refractivity contribution is 5.30. The maximum absolute atomic E-state index is 13.6. The quantitative estimate of drug-likeness (QED) is 0.513. The lowest BCUT2D eigenvalue weighted by Crippen LogP contribution is -2.51. The van der Waals surface area contributed by atoms with Crippen LogP contribution in [0.25, 0.3) is 0 Å². The van der Waals surface area contributed by atoms with Gasteiger partial charge in [0, 0.05) is 18.9 Å². The second-order valence-electron chi connectivity index (χ2n) is 5.27. The summed E-state index contributed by atoms with van der Waals surface area (Å²) in [5.74, 6) is -11.2. The molecule has 2 unspecified atom stereocenters. The molecule has 1 aromatic rings. The molecule has 2 bridgehead atoms. The molecule has 2 nitrogen and oxygen atoms in total. The SMILES string of the molecule is Fc1c(F)c(F)c(OC23CCCC(CC2)N3)c(F)c1F. The number of hydrogen-bond acceptors (Lipinski definition) is 2. The van der Waals surface area contributed by atoms with Gasteiger partial charge in [0.1, 0.15) is 0 Å². The Morgan fingerprint density at radius 1 is 0.850 bits per heavy atom. The predicted molar refractivity (Wildman–Crippen MR) is 59.6 cm³/mol. The van der Waals surface area contributed by atoms with Crippen LogP contribution in [-0.2, 0) is 0 Å². The molecule has 2 saturated heterocycles. The van der Waals surface area contributed by atoms with Crippen LogP contribution in [0.15, 0.2) is 0 Å². The fourth-order valence-corrected chi connectivity index (χ4v) is 2.97. The molecule has 2 atom stereocenters. The van der Waals surface area contributed by atoms with Gasteiger partial charge in [0.15, 0.2) is 11.5 Å². The molecule has 0 radical (unpaired) electrons. The van der Waals surface area contributed by atoms with E-state index < -0.39 is 40.6 Å². The second kappa shape index (κ2) is 4.58. The number of nitrogens with one attached hydrogen (secondary N) is 1. The Bertz CT molecular complexity index is 531. The van der Waals surface area contributed by atoms with E-state index in [0.717, 1.165) is 19.3 Å². The third-order valence-corrected chi connectivity index (χ3v) is 3.96. The van der Waals surface area contributed by atoms with Crippen molar-refractivity contribution in [2.24, 2.45) is 0 Å². The molecule has 1 N–H and O–H groups in total. The number of rotatable bonds is 2. The first kappa shape index (κ1) is 13.6. The van der Waals surface area contributed by atoms with Crippen molar-refractivity contribution in [3.8, 4) is 5.75 Å². The fourth-order valence-electron chi connectivity index (χ4n) is 2.97. The zero-order valence-corrected chi connectivity index (χ0v) is 10.4. The Labute approximate surface area is 111 Å². The molecule has 2 aliphatic rings. The standard InChI is InChI=1S/C13H12F5NO/c14-7-8(15)10(17)12(11(18)9(7)16)20-13-4-1-2-6(19-13)3-5-13/h6,19H,1-5H2. The van der Waals surface area contributed by atoms with Crippen LogP contribution in [0.3, 0.4) is 0 Å². The summed E-state index contributed by atoms with van der Waals surface area (Å²) in [7, 11) is 0. The van der Waals surface area contributed by atoms with E-state index in [9.17, 15) is 22.0 Å². The van der Waals surface area contributed by atoms with E-state index >= 15 is 0 Å². The molecule has 0 spiro atoms. The highest BCUT2D eigenvalue weighted by Crippen LogP contribution is 2.39. The zero-order chi connectivity index (χ0) is 14.5. The van der Waals surface area contributed by atoms with Crippen molar-refractivity contribution in [3.63, 3.8) is 0 Å². The molecule has 1 aromatic carbocycles. The molecule has 2 heterocycles. The molecule has 0 aliphatic carbocycles. The van der Waals surface area contributed by atoms with Gasteiger partial charge in [0.05, 0.1) is 0 Å². The summed E-state index contributed by atoms with van der Waals surface area (Å²) in [4.78, 5) is 0. The smallest absolute Gasteiger partial charge is 0.207 e. The van der Waals surface area contributed by atoms with E-state index in [4.69, 9.17) is 4.74 Å². The molecule has 0 saturated carbocycles. The number of fused-ring (bicyclic) bond motifs is 2. The van der Waals surface area contributed by atoms with E-state index in [1.54, 1.807) is 0 Å². The normalized spacial score (nSPS) is 28.8. The van der Waals surface area contributed by atoms with Crippen LogP contribution in [0.5, 0.6) is 5.75 Å². The van der Waals surface area contributed by atoms with Gasteiger partial charge in [-0.1, -0.05) is 0 Å². The monoisotopic (exact) mass is 293 g/mol. The lowest BCUT2D eigenvalue weighted by molar-refractivity contribution is 0.0145. The predicted octanol–water partition coefficient (Wildman–Crippen LogP) is 3.39. The summed E-state index contributed by atoms with van der Waals surface area (Å²) in [5.41, 5.74) is -1.03. The third kappa shape index (κ3) is 1.95. The summed E-state index contributed by atoms with van der Waals surface area (Å²) in [6.07, 6.45) is 3.42.